The molecule has 3 heteroatoms. The minimum absolute atomic E-state index is 0.627. The summed E-state index contributed by atoms with van der Waals surface area (Å²) in [5, 5.41) is 3.86. The van der Waals surface area contributed by atoms with Crippen LogP contribution >= 0.6 is 11.6 Å². The molecule has 0 amide bonds. The molecule has 0 aliphatic carbocycles. The van der Waals surface area contributed by atoms with E-state index >= 15 is 0 Å². The number of ether oxygens (including phenoxy) is 1. The van der Waals surface area contributed by atoms with E-state index in [-0.39, 0.29) is 0 Å². The van der Waals surface area contributed by atoms with Crippen LogP contribution in [0.1, 0.15) is 6.42 Å². The van der Waals surface area contributed by atoms with E-state index in [1.54, 1.807) is 7.11 Å². The van der Waals surface area contributed by atoms with Crippen molar-refractivity contribution in [3.8, 4) is 5.75 Å². The van der Waals surface area contributed by atoms with E-state index in [9.17, 15) is 0 Å². The Bertz CT molecular complexity index is 312. The molecule has 1 aromatic carbocycles. The summed E-state index contributed by atoms with van der Waals surface area (Å²) < 4.78 is 5.10. The van der Waals surface area contributed by atoms with Gasteiger partial charge in [-0.2, -0.15) is 0 Å². The molecule has 2 nitrogen and oxygen atoms in total. The lowest BCUT2D eigenvalue weighted by molar-refractivity contribution is 0.415. The fourth-order valence-corrected chi connectivity index (χ4v) is 1.28. The highest BCUT2D eigenvalue weighted by Gasteiger charge is 2.00. The highest BCUT2D eigenvalue weighted by molar-refractivity contribution is 6.32. The third-order valence-electron chi connectivity index (χ3n) is 1.83. The molecule has 0 aliphatic rings. The van der Waals surface area contributed by atoms with Crippen molar-refractivity contribution in [3.63, 3.8) is 0 Å². The maximum atomic E-state index is 5.89. The number of hydrogen-bond donors (Lipinski definition) is 1. The van der Waals surface area contributed by atoms with Gasteiger partial charge in [-0.1, -0.05) is 17.7 Å². The monoisotopic (exact) mass is 211 g/mol. The van der Waals surface area contributed by atoms with Crippen molar-refractivity contribution < 1.29 is 4.74 Å². The molecule has 0 aliphatic heterocycles. The van der Waals surface area contributed by atoms with Crippen LogP contribution in [-0.4, -0.2) is 13.7 Å². The van der Waals surface area contributed by atoms with Crippen LogP contribution in [0.4, 0.5) is 5.69 Å². The van der Waals surface area contributed by atoms with Gasteiger partial charge >= 0.3 is 0 Å². The third-order valence-corrected chi connectivity index (χ3v) is 2.14. The van der Waals surface area contributed by atoms with Gasteiger partial charge in [-0.05, 0) is 18.6 Å². The Kier molecular flexibility index (Phi) is 4.33. The number of hydrogen-bond acceptors (Lipinski definition) is 2. The topological polar surface area (TPSA) is 21.3 Å². The van der Waals surface area contributed by atoms with Gasteiger partial charge < -0.3 is 10.1 Å². The molecule has 0 saturated heterocycles. The molecular weight excluding hydrogens is 198 g/mol. The minimum atomic E-state index is 0.627. The Morgan fingerprint density at radius 1 is 1.57 bits per heavy atom. The lowest BCUT2D eigenvalue weighted by atomic mass is 10.3. The molecule has 0 fully saturated rings. The van der Waals surface area contributed by atoms with Crippen molar-refractivity contribution in [2.24, 2.45) is 0 Å². The molecule has 14 heavy (non-hydrogen) atoms. The number of benzene rings is 1. The van der Waals surface area contributed by atoms with E-state index in [0.717, 1.165) is 18.7 Å². The Balaban J connectivity index is 2.64. The molecule has 0 atom stereocenters. The molecule has 0 unspecified atom stereocenters. The molecule has 1 rings (SSSR count). The molecule has 0 radical (unpaired) electrons. The Morgan fingerprint density at radius 2 is 2.36 bits per heavy atom. The summed E-state index contributed by atoms with van der Waals surface area (Å²) >= 11 is 5.89. The Morgan fingerprint density at radius 3 is 3.00 bits per heavy atom. The molecule has 0 heterocycles. The lowest BCUT2D eigenvalue weighted by Crippen LogP contribution is -2.00. The summed E-state index contributed by atoms with van der Waals surface area (Å²) in [6.45, 7) is 4.52. The maximum absolute atomic E-state index is 5.89. The van der Waals surface area contributed by atoms with Gasteiger partial charge in [0, 0.05) is 18.3 Å². The molecule has 0 bridgehead atoms. The smallest absolute Gasteiger partial charge is 0.139 e. The van der Waals surface area contributed by atoms with Crippen molar-refractivity contribution in [3.05, 3.63) is 35.9 Å². The molecule has 0 aromatic heterocycles. The van der Waals surface area contributed by atoms with E-state index in [1.807, 2.05) is 24.3 Å². The van der Waals surface area contributed by atoms with Gasteiger partial charge in [-0.15, -0.1) is 6.58 Å². The Labute approximate surface area is 89.5 Å². The fraction of sp³-hybridized carbons (Fsp3) is 0.273. The average Bonchev–Trinajstić information content (AvgIpc) is 2.21. The normalized spacial score (nSPS) is 9.57. The maximum Gasteiger partial charge on any atom is 0.139 e. The summed E-state index contributed by atoms with van der Waals surface area (Å²) in [5.74, 6) is 0.690. The van der Waals surface area contributed by atoms with Crippen LogP contribution < -0.4 is 10.1 Å². The van der Waals surface area contributed by atoms with E-state index in [4.69, 9.17) is 16.3 Å². The lowest BCUT2D eigenvalue weighted by Gasteiger charge is -2.08. The first-order chi connectivity index (χ1) is 6.77. The minimum Gasteiger partial charge on any atom is -0.495 e. The number of anilines is 1. The van der Waals surface area contributed by atoms with Crippen LogP contribution in [-0.2, 0) is 0 Å². The first kappa shape index (κ1) is 10.9. The largest absolute Gasteiger partial charge is 0.495 e. The summed E-state index contributed by atoms with van der Waals surface area (Å²) in [5.41, 5.74) is 1.01. The van der Waals surface area contributed by atoms with E-state index in [1.165, 1.54) is 0 Å². The molecule has 76 valence electrons. The number of nitrogens with one attached hydrogen (secondary N) is 1. The van der Waals surface area contributed by atoms with Gasteiger partial charge in [-0.3, -0.25) is 0 Å². The van der Waals surface area contributed by atoms with Crippen molar-refractivity contribution in [1.82, 2.24) is 0 Å². The first-order valence-corrected chi connectivity index (χ1v) is 4.84. The van der Waals surface area contributed by atoms with Gasteiger partial charge in [0.05, 0.1) is 12.1 Å². The molecule has 0 spiro atoms. The van der Waals surface area contributed by atoms with E-state index in [2.05, 4.69) is 11.9 Å². The van der Waals surface area contributed by atoms with E-state index < -0.39 is 0 Å². The zero-order valence-corrected chi connectivity index (χ0v) is 8.97. The molecule has 1 aromatic rings. The number of rotatable bonds is 5. The van der Waals surface area contributed by atoms with Crippen LogP contribution in [0.5, 0.6) is 5.75 Å². The van der Waals surface area contributed by atoms with Crippen molar-refractivity contribution in [2.45, 2.75) is 6.42 Å². The quantitative estimate of drug-likeness (QED) is 0.596. The molecule has 0 saturated carbocycles. The van der Waals surface area contributed by atoms with Crippen molar-refractivity contribution >= 4 is 17.3 Å². The van der Waals surface area contributed by atoms with Crippen LogP contribution in [0.3, 0.4) is 0 Å². The zero-order chi connectivity index (χ0) is 10.4. The fourth-order valence-electron chi connectivity index (χ4n) is 1.09. The second-order valence-electron chi connectivity index (χ2n) is 2.85. The second kappa shape index (κ2) is 5.55. The number of halogens is 1. The average molecular weight is 212 g/mol. The second-order valence-corrected chi connectivity index (χ2v) is 3.26. The van der Waals surface area contributed by atoms with Crippen LogP contribution in [0.25, 0.3) is 0 Å². The SMILES string of the molecule is C=CCCNc1ccc(Cl)c(OC)c1. The summed E-state index contributed by atoms with van der Waals surface area (Å²) in [7, 11) is 1.61. The standard InChI is InChI=1S/C11H14ClNO/c1-3-4-7-13-9-5-6-10(12)11(8-9)14-2/h3,5-6,8,13H,1,4,7H2,2H3. The van der Waals surface area contributed by atoms with Crippen LogP contribution in [0.2, 0.25) is 5.02 Å². The van der Waals surface area contributed by atoms with E-state index in [0.29, 0.717) is 10.8 Å². The number of methoxy groups -OCH3 is 1. The third kappa shape index (κ3) is 2.96. The highest BCUT2D eigenvalue weighted by atomic mass is 35.5. The predicted octanol–water partition coefficient (Wildman–Crippen LogP) is 3.34. The van der Waals surface area contributed by atoms with Gasteiger partial charge in [0.2, 0.25) is 0 Å². The van der Waals surface area contributed by atoms with Crippen molar-refractivity contribution in [2.75, 3.05) is 19.0 Å². The molecule has 1 N–H and O–H groups in total. The molecular formula is C11H14ClNO. The van der Waals surface area contributed by atoms with Crippen LogP contribution in [0.15, 0.2) is 30.9 Å². The summed E-state index contributed by atoms with van der Waals surface area (Å²) in [4.78, 5) is 0. The predicted molar refractivity (Wildman–Crippen MR) is 61.3 cm³/mol. The first-order valence-electron chi connectivity index (χ1n) is 4.46. The van der Waals surface area contributed by atoms with Crippen LogP contribution in [0, 0.1) is 0 Å². The zero-order valence-electron chi connectivity index (χ0n) is 8.22. The van der Waals surface area contributed by atoms with Gasteiger partial charge in [0.25, 0.3) is 0 Å². The van der Waals surface area contributed by atoms with Crippen molar-refractivity contribution in [1.29, 1.82) is 0 Å². The highest BCUT2D eigenvalue weighted by Crippen LogP contribution is 2.27. The summed E-state index contributed by atoms with van der Waals surface area (Å²) in [6.07, 6.45) is 2.81. The Hall–Kier alpha value is -1.15. The van der Waals surface area contributed by atoms with Gasteiger partial charge in [0.1, 0.15) is 5.75 Å². The van der Waals surface area contributed by atoms with Gasteiger partial charge in [-0.25, -0.2) is 0 Å². The van der Waals surface area contributed by atoms with Gasteiger partial charge in [0.15, 0.2) is 0 Å². The summed E-state index contributed by atoms with van der Waals surface area (Å²) in [6, 6.07) is 5.62.